The monoisotopic (exact) mass is 305 g/mol. The van der Waals surface area contributed by atoms with E-state index < -0.39 is 0 Å². The van der Waals surface area contributed by atoms with E-state index in [1.165, 1.54) is 6.07 Å². The molecule has 0 aliphatic heterocycles. The topological polar surface area (TPSA) is 72.0 Å². The van der Waals surface area contributed by atoms with Crippen LogP contribution in [0, 0.1) is 17.7 Å². The number of nitrogens with two attached hydrogens (primary N) is 1. The van der Waals surface area contributed by atoms with Crippen molar-refractivity contribution in [3.8, 4) is 0 Å². The standard InChI is InChI=1S/C17H24FN3O/c1-3-5-11(2)12(10-22)8-9-15-16-13(18)6-4-7-14(16)20-17(19)21-15/h4,6-7,11-12,22H,3,5,8-10H2,1-2H3,(H2,19,20,21)/t11-,12+/m1/s1. The van der Waals surface area contributed by atoms with Gasteiger partial charge in [0.25, 0.3) is 0 Å². The lowest BCUT2D eigenvalue weighted by Gasteiger charge is -2.21. The van der Waals surface area contributed by atoms with E-state index in [-0.39, 0.29) is 24.3 Å². The van der Waals surface area contributed by atoms with Gasteiger partial charge in [0.1, 0.15) is 5.82 Å². The average Bonchev–Trinajstić information content (AvgIpc) is 2.47. The van der Waals surface area contributed by atoms with Gasteiger partial charge in [-0.2, -0.15) is 0 Å². The molecule has 22 heavy (non-hydrogen) atoms. The van der Waals surface area contributed by atoms with Crippen molar-refractivity contribution in [2.45, 2.75) is 39.5 Å². The predicted molar refractivity (Wildman–Crippen MR) is 86.9 cm³/mol. The lowest BCUT2D eigenvalue weighted by Crippen LogP contribution is -2.17. The number of hydrogen-bond donors (Lipinski definition) is 2. The van der Waals surface area contributed by atoms with Crippen molar-refractivity contribution in [2.75, 3.05) is 12.3 Å². The Labute approximate surface area is 130 Å². The summed E-state index contributed by atoms with van der Waals surface area (Å²) in [4.78, 5) is 8.31. The Morgan fingerprint density at radius 3 is 2.73 bits per heavy atom. The Balaban J connectivity index is 2.24. The summed E-state index contributed by atoms with van der Waals surface area (Å²) in [7, 11) is 0. The predicted octanol–water partition coefficient (Wildman–Crippen LogP) is 3.33. The van der Waals surface area contributed by atoms with Gasteiger partial charge in [0.15, 0.2) is 0 Å². The number of anilines is 1. The number of halogens is 1. The summed E-state index contributed by atoms with van der Waals surface area (Å²) < 4.78 is 14.1. The number of nitrogens with zero attached hydrogens (tertiary/aromatic N) is 2. The molecule has 2 rings (SSSR count). The van der Waals surface area contributed by atoms with Crippen LogP contribution in [0.25, 0.3) is 10.9 Å². The van der Waals surface area contributed by atoms with Crippen molar-refractivity contribution < 1.29 is 9.50 Å². The molecule has 1 heterocycles. The zero-order chi connectivity index (χ0) is 16.1. The van der Waals surface area contributed by atoms with Gasteiger partial charge in [-0.15, -0.1) is 0 Å². The average molecular weight is 305 g/mol. The number of hydrogen-bond acceptors (Lipinski definition) is 4. The number of aromatic nitrogens is 2. The highest BCUT2D eigenvalue weighted by molar-refractivity contribution is 5.82. The summed E-state index contributed by atoms with van der Waals surface area (Å²) in [5.74, 6) is 0.466. The molecule has 2 atom stereocenters. The van der Waals surface area contributed by atoms with Crippen molar-refractivity contribution >= 4 is 16.9 Å². The van der Waals surface area contributed by atoms with Gasteiger partial charge in [0.05, 0.1) is 16.6 Å². The maximum atomic E-state index is 14.1. The molecule has 0 aliphatic carbocycles. The number of fused-ring (bicyclic) bond motifs is 1. The smallest absolute Gasteiger partial charge is 0.220 e. The quantitative estimate of drug-likeness (QED) is 0.823. The second kappa shape index (κ2) is 7.49. The lowest BCUT2D eigenvalue weighted by atomic mass is 9.86. The summed E-state index contributed by atoms with van der Waals surface area (Å²) in [5, 5.41) is 10.0. The molecule has 5 heteroatoms. The maximum Gasteiger partial charge on any atom is 0.220 e. The molecule has 120 valence electrons. The number of aryl methyl sites for hydroxylation is 1. The molecule has 1 aromatic carbocycles. The second-order valence-electron chi connectivity index (χ2n) is 5.91. The van der Waals surface area contributed by atoms with E-state index in [4.69, 9.17) is 5.73 Å². The Morgan fingerprint density at radius 2 is 2.05 bits per heavy atom. The van der Waals surface area contributed by atoms with E-state index in [1.54, 1.807) is 12.1 Å². The minimum absolute atomic E-state index is 0.141. The van der Waals surface area contributed by atoms with Gasteiger partial charge in [-0.1, -0.05) is 32.8 Å². The largest absolute Gasteiger partial charge is 0.396 e. The van der Waals surface area contributed by atoms with Crippen molar-refractivity contribution in [3.63, 3.8) is 0 Å². The maximum absolute atomic E-state index is 14.1. The first-order valence-corrected chi connectivity index (χ1v) is 7.88. The third-order valence-corrected chi connectivity index (χ3v) is 4.30. The lowest BCUT2D eigenvalue weighted by molar-refractivity contribution is 0.168. The van der Waals surface area contributed by atoms with Crippen LogP contribution in [0.2, 0.25) is 0 Å². The summed E-state index contributed by atoms with van der Waals surface area (Å²) in [6.45, 7) is 4.43. The molecule has 0 unspecified atom stereocenters. The normalized spacial score (nSPS) is 14.2. The molecule has 0 amide bonds. The molecule has 0 radical (unpaired) electrons. The van der Waals surface area contributed by atoms with E-state index in [2.05, 4.69) is 23.8 Å². The summed E-state index contributed by atoms with van der Waals surface area (Å²) >= 11 is 0. The number of aliphatic hydroxyl groups is 1. The minimum atomic E-state index is -0.324. The van der Waals surface area contributed by atoms with E-state index in [0.29, 0.717) is 28.9 Å². The van der Waals surface area contributed by atoms with Crippen LogP contribution in [0.15, 0.2) is 18.2 Å². The fourth-order valence-corrected chi connectivity index (χ4v) is 2.98. The van der Waals surface area contributed by atoms with E-state index in [1.807, 2.05) is 0 Å². The molecule has 4 nitrogen and oxygen atoms in total. The van der Waals surface area contributed by atoms with E-state index in [0.717, 1.165) is 19.3 Å². The Morgan fingerprint density at radius 1 is 1.27 bits per heavy atom. The first-order chi connectivity index (χ1) is 10.6. The number of aliphatic hydroxyl groups excluding tert-OH is 1. The van der Waals surface area contributed by atoms with Crippen molar-refractivity contribution in [3.05, 3.63) is 29.7 Å². The van der Waals surface area contributed by atoms with Gasteiger partial charge in [-0.05, 0) is 36.8 Å². The van der Waals surface area contributed by atoms with Crippen LogP contribution in [-0.4, -0.2) is 21.7 Å². The first kappa shape index (κ1) is 16.6. The van der Waals surface area contributed by atoms with Crippen LogP contribution in [0.5, 0.6) is 0 Å². The fraction of sp³-hybridized carbons (Fsp3) is 0.529. The highest BCUT2D eigenvalue weighted by atomic mass is 19.1. The van der Waals surface area contributed by atoms with Crippen LogP contribution >= 0.6 is 0 Å². The molecule has 1 aromatic heterocycles. The molecule has 0 spiro atoms. The van der Waals surface area contributed by atoms with Crippen LogP contribution in [0.1, 0.15) is 38.8 Å². The molecule has 0 aliphatic rings. The molecule has 0 fully saturated rings. The molecular weight excluding hydrogens is 281 g/mol. The highest BCUT2D eigenvalue weighted by Gasteiger charge is 2.18. The van der Waals surface area contributed by atoms with Gasteiger partial charge in [-0.3, -0.25) is 0 Å². The SMILES string of the molecule is CCC[C@@H](C)[C@H](CO)CCc1nc(N)nc2cccc(F)c12. The first-order valence-electron chi connectivity index (χ1n) is 7.88. The molecule has 2 aromatic rings. The van der Waals surface area contributed by atoms with Crippen LogP contribution in [0.4, 0.5) is 10.3 Å². The van der Waals surface area contributed by atoms with Crippen LogP contribution in [0.3, 0.4) is 0 Å². The van der Waals surface area contributed by atoms with Gasteiger partial charge in [0.2, 0.25) is 5.95 Å². The Kier molecular flexibility index (Phi) is 5.66. The highest BCUT2D eigenvalue weighted by Crippen LogP contribution is 2.25. The van der Waals surface area contributed by atoms with E-state index >= 15 is 0 Å². The summed E-state index contributed by atoms with van der Waals surface area (Å²) in [6, 6.07) is 4.77. The molecule has 0 saturated carbocycles. The fourth-order valence-electron chi connectivity index (χ4n) is 2.98. The second-order valence-corrected chi connectivity index (χ2v) is 5.91. The van der Waals surface area contributed by atoms with Crippen molar-refractivity contribution in [2.24, 2.45) is 11.8 Å². The van der Waals surface area contributed by atoms with Gasteiger partial charge in [0, 0.05) is 6.61 Å². The molecule has 0 saturated heterocycles. The third kappa shape index (κ3) is 3.71. The number of benzene rings is 1. The molecule has 0 bridgehead atoms. The summed E-state index contributed by atoms with van der Waals surface area (Å²) in [5.41, 5.74) is 6.89. The van der Waals surface area contributed by atoms with Gasteiger partial charge >= 0.3 is 0 Å². The van der Waals surface area contributed by atoms with E-state index in [9.17, 15) is 9.50 Å². The Hall–Kier alpha value is -1.75. The van der Waals surface area contributed by atoms with Crippen LogP contribution < -0.4 is 5.73 Å². The number of rotatable bonds is 7. The summed E-state index contributed by atoms with van der Waals surface area (Å²) in [6.07, 6.45) is 3.52. The van der Waals surface area contributed by atoms with Gasteiger partial charge in [-0.25, -0.2) is 14.4 Å². The Bertz CT molecular complexity index is 633. The van der Waals surface area contributed by atoms with Crippen LogP contribution in [-0.2, 0) is 6.42 Å². The number of nitrogen functional groups attached to an aromatic ring is 1. The molecule has 3 N–H and O–H groups in total. The zero-order valence-electron chi connectivity index (χ0n) is 13.2. The zero-order valence-corrected chi connectivity index (χ0v) is 13.2. The third-order valence-electron chi connectivity index (χ3n) is 4.30. The van der Waals surface area contributed by atoms with Crippen molar-refractivity contribution in [1.29, 1.82) is 0 Å². The van der Waals surface area contributed by atoms with Gasteiger partial charge < -0.3 is 10.8 Å². The minimum Gasteiger partial charge on any atom is -0.396 e. The van der Waals surface area contributed by atoms with Crippen molar-refractivity contribution in [1.82, 2.24) is 9.97 Å². The molecular formula is C17H24FN3O.